The lowest BCUT2D eigenvalue weighted by Crippen LogP contribution is -2.66. The van der Waals surface area contributed by atoms with Gasteiger partial charge in [0.25, 0.3) is 8.32 Å². The Kier molecular flexibility index (Phi) is 10.0. The number of hydrogen-bond donors (Lipinski definition) is 1. The lowest BCUT2D eigenvalue weighted by atomic mass is 10.0. The fourth-order valence-corrected chi connectivity index (χ4v) is 9.73. The Hall–Kier alpha value is -3.11. The molecular formula is C30H38O7SSi. The first kappa shape index (κ1) is 30.4. The van der Waals surface area contributed by atoms with Gasteiger partial charge < -0.3 is 23.2 Å². The molecule has 0 radical (unpaired) electrons. The first-order valence-electron chi connectivity index (χ1n) is 12.6. The monoisotopic (exact) mass is 570 g/mol. The van der Waals surface area contributed by atoms with Crippen LogP contribution in [0.5, 0.6) is 17.2 Å². The second kappa shape index (κ2) is 12.8. The van der Waals surface area contributed by atoms with E-state index in [4.69, 9.17) is 18.1 Å². The molecule has 3 aromatic rings. The van der Waals surface area contributed by atoms with Gasteiger partial charge in [0.05, 0.1) is 33.7 Å². The molecule has 0 bridgehead atoms. The lowest BCUT2D eigenvalue weighted by Gasteiger charge is -2.42. The van der Waals surface area contributed by atoms with Crippen LogP contribution in [0.4, 0.5) is 0 Å². The first-order valence-corrected chi connectivity index (χ1v) is 16.4. The summed E-state index contributed by atoms with van der Waals surface area (Å²) < 4.78 is 46.2. The number of ether oxygens (including phenoxy) is 2. The zero-order valence-electron chi connectivity index (χ0n) is 23.4. The van der Waals surface area contributed by atoms with E-state index in [1.54, 1.807) is 12.1 Å². The Bertz CT molecular complexity index is 1300. The van der Waals surface area contributed by atoms with Crippen LogP contribution < -0.4 is 24.0 Å². The van der Waals surface area contributed by atoms with E-state index in [1.165, 1.54) is 24.6 Å². The molecule has 0 spiro atoms. The average molecular weight is 571 g/mol. The predicted octanol–water partition coefficient (Wildman–Crippen LogP) is 4.08. The number of aliphatic hydroxyl groups excluding tert-OH is 1. The highest BCUT2D eigenvalue weighted by Gasteiger charge is 2.49. The molecule has 210 valence electrons. The largest absolute Gasteiger partial charge is 0.493 e. The van der Waals surface area contributed by atoms with Crippen molar-refractivity contribution in [2.75, 3.05) is 33.7 Å². The summed E-state index contributed by atoms with van der Waals surface area (Å²) in [6, 6.07) is 24.1. The van der Waals surface area contributed by atoms with Crippen molar-refractivity contribution in [1.29, 1.82) is 0 Å². The normalized spacial score (nSPS) is 12.7. The molecule has 9 heteroatoms. The van der Waals surface area contributed by atoms with Crippen molar-refractivity contribution in [3.05, 3.63) is 90.0 Å². The molecule has 0 heterocycles. The van der Waals surface area contributed by atoms with Crippen LogP contribution in [0, 0.1) is 0 Å². The summed E-state index contributed by atoms with van der Waals surface area (Å²) in [6.07, 6.45) is 3.25. The van der Waals surface area contributed by atoms with Crippen molar-refractivity contribution in [2.24, 2.45) is 0 Å². The minimum absolute atomic E-state index is 0.0178. The van der Waals surface area contributed by atoms with Crippen molar-refractivity contribution in [3.63, 3.8) is 0 Å². The van der Waals surface area contributed by atoms with Gasteiger partial charge in [-0.2, -0.15) is 8.42 Å². The van der Waals surface area contributed by atoms with Crippen LogP contribution in [-0.4, -0.2) is 55.5 Å². The van der Waals surface area contributed by atoms with E-state index in [0.29, 0.717) is 13.0 Å². The van der Waals surface area contributed by atoms with Crippen molar-refractivity contribution in [3.8, 4) is 17.2 Å². The Morgan fingerprint density at radius 3 is 1.77 bits per heavy atom. The highest BCUT2D eigenvalue weighted by molar-refractivity contribution is 7.86. The molecule has 0 aliphatic heterocycles. The quantitative estimate of drug-likeness (QED) is 0.199. The third kappa shape index (κ3) is 7.30. The SMILES string of the molecule is COc1cc(C/C(=C/CO[Si](c2ccccc2)(c2ccccc2)C(C)(C)C)CO)cc(OC)c1OS(C)(=O)=O. The number of benzene rings is 3. The molecule has 39 heavy (non-hydrogen) atoms. The zero-order valence-corrected chi connectivity index (χ0v) is 25.2. The smallest absolute Gasteiger partial charge is 0.306 e. The summed E-state index contributed by atoms with van der Waals surface area (Å²) in [4.78, 5) is 0. The Balaban J connectivity index is 1.95. The van der Waals surface area contributed by atoms with E-state index in [0.717, 1.165) is 17.4 Å². The maximum Gasteiger partial charge on any atom is 0.306 e. The third-order valence-corrected chi connectivity index (χ3v) is 12.0. The van der Waals surface area contributed by atoms with Crippen molar-refractivity contribution in [2.45, 2.75) is 32.2 Å². The molecule has 0 saturated heterocycles. The van der Waals surface area contributed by atoms with E-state index in [2.05, 4.69) is 45.0 Å². The molecule has 0 amide bonds. The van der Waals surface area contributed by atoms with Crippen LogP contribution in [0.15, 0.2) is 84.4 Å². The molecule has 0 atom stereocenters. The van der Waals surface area contributed by atoms with Crippen LogP contribution in [0.3, 0.4) is 0 Å². The fourth-order valence-electron chi connectivity index (χ4n) is 4.77. The molecule has 3 rings (SSSR count). The molecule has 0 aromatic heterocycles. The first-order chi connectivity index (χ1) is 18.4. The van der Waals surface area contributed by atoms with Gasteiger partial charge in [-0.3, -0.25) is 0 Å². The van der Waals surface area contributed by atoms with Crippen molar-refractivity contribution >= 4 is 28.8 Å². The summed E-state index contributed by atoms with van der Waals surface area (Å²) in [5.41, 5.74) is 1.50. The number of aliphatic hydroxyl groups is 1. The maximum atomic E-state index is 11.7. The highest BCUT2D eigenvalue weighted by Crippen LogP contribution is 2.40. The number of rotatable bonds is 12. The molecule has 0 saturated carbocycles. The minimum Gasteiger partial charge on any atom is -0.493 e. The van der Waals surface area contributed by atoms with Gasteiger partial charge in [-0.25, -0.2) is 0 Å². The molecule has 0 aliphatic rings. The van der Waals surface area contributed by atoms with E-state index in [-0.39, 0.29) is 28.9 Å². The molecular weight excluding hydrogens is 532 g/mol. The van der Waals surface area contributed by atoms with E-state index in [9.17, 15) is 13.5 Å². The van der Waals surface area contributed by atoms with Crippen LogP contribution in [0.1, 0.15) is 26.3 Å². The fraction of sp³-hybridized carbons (Fsp3) is 0.333. The highest BCUT2D eigenvalue weighted by atomic mass is 32.2. The molecule has 0 fully saturated rings. The zero-order chi connectivity index (χ0) is 28.7. The summed E-state index contributed by atoms with van der Waals surface area (Å²) in [7, 11) is -3.66. The molecule has 0 unspecified atom stereocenters. The van der Waals surface area contributed by atoms with Gasteiger partial charge in [0, 0.05) is 0 Å². The molecule has 0 aliphatic carbocycles. The number of hydrogen-bond acceptors (Lipinski definition) is 7. The van der Waals surface area contributed by atoms with Gasteiger partial charge in [0.2, 0.25) is 5.75 Å². The van der Waals surface area contributed by atoms with Gasteiger partial charge in [-0.1, -0.05) is 87.5 Å². The van der Waals surface area contributed by atoms with Gasteiger partial charge in [-0.15, -0.1) is 0 Å². The van der Waals surface area contributed by atoms with Crippen molar-refractivity contribution in [1.82, 2.24) is 0 Å². The number of methoxy groups -OCH3 is 2. The summed E-state index contributed by atoms with van der Waals surface area (Å²) in [6.45, 7) is 6.79. The van der Waals surface area contributed by atoms with Crippen LogP contribution in [0.25, 0.3) is 0 Å². The van der Waals surface area contributed by atoms with E-state index in [1.807, 2.05) is 42.5 Å². The third-order valence-electron chi connectivity index (χ3n) is 6.48. The summed E-state index contributed by atoms with van der Waals surface area (Å²) in [5.74, 6) is 0.419. The van der Waals surface area contributed by atoms with Crippen LogP contribution >= 0.6 is 0 Å². The average Bonchev–Trinajstić information content (AvgIpc) is 2.90. The van der Waals surface area contributed by atoms with E-state index < -0.39 is 18.4 Å². The van der Waals surface area contributed by atoms with Crippen LogP contribution in [-0.2, 0) is 21.0 Å². The molecule has 3 aromatic carbocycles. The van der Waals surface area contributed by atoms with Gasteiger partial charge in [0.15, 0.2) is 11.5 Å². The van der Waals surface area contributed by atoms with Crippen molar-refractivity contribution < 1.29 is 31.6 Å². The maximum absolute atomic E-state index is 11.7. The van der Waals surface area contributed by atoms with Gasteiger partial charge >= 0.3 is 10.1 Å². The molecule has 1 N–H and O–H groups in total. The Morgan fingerprint density at radius 2 is 1.38 bits per heavy atom. The minimum atomic E-state index is -3.79. The Labute approximate surface area is 233 Å². The van der Waals surface area contributed by atoms with Gasteiger partial charge in [-0.05, 0) is 45.1 Å². The Morgan fingerprint density at radius 1 is 0.897 bits per heavy atom. The van der Waals surface area contributed by atoms with Crippen LogP contribution in [0.2, 0.25) is 5.04 Å². The lowest BCUT2D eigenvalue weighted by molar-refractivity contribution is 0.317. The van der Waals surface area contributed by atoms with Gasteiger partial charge in [0.1, 0.15) is 0 Å². The second-order valence-electron chi connectivity index (χ2n) is 10.3. The summed E-state index contributed by atoms with van der Waals surface area (Å²) >= 11 is 0. The molecule has 7 nitrogen and oxygen atoms in total. The van der Waals surface area contributed by atoms with E-state index >= 15 is 0 Å². The predicted molar refractivity (Wildman–Crippen MR) is 157 cm³/mol. The standard InChI is InChI=1S/C30H38O7SSi/c1-30(2,3)39(25-13-9-7-10-14-25,26-15-11-8-12-16-26)36-18-17-23(22-31)19-24-20-27(34-4)29(28(21-24)35-5)37-38(6,32)33/h7-17,20-21,31H,18-19,22H2,1-6H3/b23-17-. The second-order valence-corrected chi connectivity index (χ2v) is 16.2. The summed E-state index contributed by atoms with van der Waals surface area (Å²) in [5, 5.41) is 12.4. The topological polar surface area (TPSA) is 91.3 Å².